The molecule has 0 fully saturated rings. The Hall–Kier alpha value is -1.61. The Bertz CT molecular complexity index is 390. The largest absolute Gasteiger partial charge is 0.401 e. The third kappa shape index (κ3) is 4.41. The molecule has 0 aliphatic rings. The van der Waals surface area contributed by atoms with E-state index >= 15 is 0 Å². The summed E-state index contributed by atoms with van der Waals surface area (Å²) >= 11 is 0. The highest BCUT2D eigenvalue weighted by Gasteiger charge is 2.29. The molecule has 1 rings (SSSR count). The second kappa shape index (κ2) is 5.15. The molecule has 1 heterocycles. The number of nitrogens with two attached hydrogens (primary N) is 1. The number of aromatic nitrogens is 1. The lowest BCUT2D eigenvalue weighted by atomic mass is 10.3. The Morgan fingerprint density at radius 3 is 2.82 bits per heavy atom. The van der Waals surface area contributed by atoms with E-state index in [4.69, 9.17) is 10.4 Å². The van der Waals surface area contributed by atoms with Crippen LogP contribution in [-0.2, 0) is 6.54 Å². The van der Waals surface area contributed by atoms with Crippen molar-refractivity contribution in [3.63, 3.8) is 0 Å². The highest BCUT2D eigenvalue weighted by Crippen LogP contribution is 2.17. The van der Waals surface area contributed by atoms with Crippen LogP contribution in [0, 0.1) is 0 Å². The zero-order valence-corrected chi connectivity index (χ0v) is 8.91. The van der Waals surface area contributed by atoms with Crippen molar-refractivity contribution >= 4 is 5.91 Å². The molecule has 0 bridgehead atoms. The molecule has 0 atom stereocenters. The molecule has 3 N–H and O–H groups in total. The molecule has 0 radical (unpaired) electrons. The first-order chi connectivity index (χ1) is 7.81. The van der Waals surface area contributed by atoms with Crippen molar-refractivity contribution in [1.29, 1.82) is 0 Å². The van der Waals surface area contributed by atoms with Gasteiger partial charge in [0.2, 0.25) is 0 Å². The maximum atomic E-state index is 12.0. The number of hydrogen-bond acceptors (Lipinski definition) is 5. The van der Waals surface area contributed by atoms with Gasteiger partial charge in [-0.25, -0.2) is 5.84 Å². The van der Waals surface area contributed by atoms with Crippen LogP contribution in [0.15, 0.2) is 10.6 Å². The Morgan fingerprint density at radius 2 is 2.29 bits per heavy atom. The predicted octanol–water partition coefficient (Wildman–Crippen LogP) is 0.272. The molecular weight excluding hydrogens is 241 g/mol. The van der Waals surface area contributed by atoms with Crippen LogP contribution < -0.4 is 11.3 Å². The summed E-state index contributed by atoms with van der Waals surface area (Å²) in [6, 6.07) is 1.23. The smallest absolute Gasteiger partial charge is 0.359 e. The van der Waals surface area contributed by atoms with Gasteiger partial charge in [0.1, 0.15) is 0 Å². The zero-order chi connectivity index (χ0) is 13.1. The van der Waals surface area contributed by atoms with Crippen molar-refractivity contribution < 1.29 is 22.5 Å². The summed E-state index contributed by atoms with van der Waals surface area (Å²) in [6.45, 7) is -1.18. The van der Waals surface area contributed by atoms with E-state index in [2.05, 4.69) is 5.16 Å². The number of alkyl halides is 3. The maximum absolute atomic E-state index is 12.0. The number of rotatable bonds is 4. The number of nitrogen functional groups attached to an aromatic ring is 1. The van der Waals surface area contributed by atoms with Gasteiger partial charge in [0, 0.05) is 6.07 Å². The Kier molecular flexibility index (Phi) is 4.07. The van der Waals surface area contributed by atoms with Gasteiger partial charge >= 0.3 is 6.18 Å². The molecule has 9 heteroatoms. The molecule has 0 aliphatic heterocycles. The van der Waals surface area contributed by atoms with Crippen LogP contribution in [0.5, 0.6) is 0 Å². The van der Waals surface area contributed by atoms with Crippen LogP contribution in [0.1, 0.15) is 16.2 Å². The van der Waals surface area contributed by atoms with Gasteiger partial charge in [0.25, 0.3) is 5.91 Å². The fraction of sp³-hybridized carbons (Fsp3) is 0.500. The van der Waals surface area contributed by atoms with Crippen LogP contribution in [-0.4, -0.2) is 35.7 Å². The highest BCUT2D eigenvalue weighted by atomic mass is 19.4. The van der Waals surface area contributed by atoms with E-state index in [1.807, 2.05) is 5.43 Å². The zero-order valence-electron chi connectivity index (χ0n) is 8.91. The van der Waals surface area contributed by atoms with E-state index in [0.717, 1.165) is 4.90 Å². The van der Waals surface area contributed by atoms with Crippen molar-refractivity contribution in [2.75, 3.05) is 13.6 Å². The van der Waals surface area contributed by atoms with E-state index in [0.29, 0.717) is 0 Å². The lowest BCUT2D eigenvalue weighted by Crippen LogP contribution is -2.30. The summed E-state index contributed by atoms with van der Waals surface area (Å²) < 4.78 is 40.8. The van der Waals surface area contributed by atoms with Crippen LogP contribution in [0.4, 0.5) is 13.2 Å². The van der Waals surface area contributed by atoms with Crippen molar-refractivity contribution in [3.8, 4) is 0 Å². The van der Waals surface area contributed by atoms with Crippen LogP contribution in [0.2, 0.25) is 0 Å². The second-order valence-electron chi connectivity index (χ2n) is 3.44. The minimum Gasteiger partial charge on any atom is -0.359 e. The van der Waals surface area contributed by atoms with Crippen LogP contribution in [0.3, 0.4) is 0 Å². The lowest BCUT2D eigenvalue weighted by Gasteiger charge is -2.16. The Labute approximate surface area is 94.5 Å². The molecular formula is C8H11F3N4O2. The number of hydrazine groups is 1. The van der Waals surface area contributed by atoms with E-state index in [-0.39, 0.29) is 18.0 Å². The Morgan fingerprint density at radius 1 is 1.65 bits per heavy atom. The monoisotopic (exact) mass is 252 g/mol. The SMILES string of the molecule is CN(Cc1cc(C(=O)NN)no1)CC(F)(F)F. The molecule has 1 aromatic rings. The number of nitrogens with one attached hydrogen (secondary N) is 1. The van der Waals surface area contributed by atoms with Crippen molar-refractivity contribution in [2.45, 2.75) is 12.7 Å². The number of nitrogens with zero attached hydrogens (tertiary/aromatic N) is 2. The van der Waals surface area contributed by atoms with Crippen molar-refractivity contribution in [3.05, 3.63) is 17.5 Å². The van der Waals surface area contributed by atoms with E-state index in [1.54, 1.807) is 0 Å². The standard InChI is InChI=1S/C8H11F3N4O2/c1-15(4-8(9,10)11)3-5-2-6(14-17-5)7(16)13-12/h2H,3-4,12H2,1H3,(H,13,16). The van der Waals surface area contributed by atoms with Crippen LogP contribution >= 0.6 is 0 Å². The molecule has 0 saturated carbocycles. The van der Waals surface area contributed by atoms with Crippen molar-refractivity contribution in [1.82, 2.24) is 15.5 Å². The summed E-state index contributed by atoms with van der Waals surface area (Å²) in [5.41, 5.74) is 1.75. The van der Waals surface area contributed by atoms with Gasteiger partial charge in [-0.15, -0.1) is 0 Å². The molecule has 6 nitrogen and oxygen atoms in total. The van der Waals surface area contributed by atoms with E-state index < -0.39 is 18.6 Å². The predicted molar refractivity (Wildman–Crippen MR) is 50.5 cm³/mol. The second-order valence-corrected chi connectivity index (χ2v) is 3.44. The van der Waals surface area contributed by atoms with Gasteiger partial charge < -0.3 is 4.52 Å². The number of carbonyl (C=O) groups excluding carboxylic acids is 1. The molecule has 17 heavy (non-hydrogen) atoms. The maximum Gasteiger partial charge on any atom is 0.401 e. The number of hydrogen-bond donors (Lipinski definition) is 2. The van der Waals surface area contributed by atoms with Gasteiger partial charge in [-0.1, -0.05) is 5.16 Å². The first-order valence-corrected chi connectivity index (χ1v) is 4.53. The van der Waals surface area contributed by atoms with E-state index in [1.165, 1.54) is 13.1 Å². The minimum absolute atomic E-state index is 0.0806. The third-order valence-corrected chi connectivity index (χ3v) is 1.80. The summed E-state index contributed by atoms with van der Waals surface area (Å²) in [4.78, 5) is 12.0. The average Bonchev–Trinajstić information content (AvgIpc) is 2.62. The summed E-state index contributed by atoms with van der Waals surface area (Å²) in [5.74, 6) is 4.34. The molecule has 0 unspecified atom stereocenters. The van der Waals surface area contributed by atoms with Gasteiger partial charge in [0.15, 0.2) is 11.5 Å². The number of halogens is 3. The van der Waals surface area contributed by atoms with Gasteiger partial charge in [-0.2, -0.15) is 13.2 Å². The molecule has 1 amide bonds. The number of amides is 1. The molecule has 1 aromatic heterocycles. The van der Waals surface area contributed by atoms with Crippen LogP contribution in [0.25, 0.3) is 0 Å². The van der Waals surface area contributed by atoms with Gasteiger partial charge in [0.05, 0.1) is 13.1 Å². The normalized spacial score (nSPS) is 11.9. The Balaban J connectivity index is 2.57. The van der Waals surface area contributed by atoms with Gasteiger partial charge in [-0.05, 0) is 7.05 Å². The number of carbonyl (C=O) groups is 1. The average molecular weight is 252 g/mol. The van der Waals surface area contributed by atoms with Crippen molar-refractivity contribution in [2.24, 2.45) is 5.84 Å². The topological polar surface area (TPSA) is 84.4 Å². The van der Waals surface area contributed by atoms with E-state index in [9.17, 15) is 18.0 Å². The summed E-state index contributed by atoms with van der Waals surface area (Å²) in [7, 11) is 1.28. The molecule has 0 aliphatic carbocycles. The first-order valence-electron chi connectivity index (χ1n) is 4.53. The summed E-state index contributed by atoms with van der Waals surface area (Å²) in [5, 5.41) is 3.36. The fourth-order valence-electron chi connectivity index (χ4n) is 1.20. The molecule has 96 valence electrons. The molecule has 0 aromatic carbocycles. The van der Waals surface area contributed by atoms with Gasteiger partial charge in [-0.3, -0.25) is 15.1 Å². The lowest BCUT2D eigenvalue weighted by molar-refractivity contribution is -0.144. The first kappa shape index (κ1) is 13.5. The molecule has 0 saturated heterocycles. The minimum atomic E-state index is -4.29. The fourth-order valence-corrected chi connectivity index (χ4v) is 1.20. The summed E-state index contributed by atoms with van der Waals surface area (Å²) in [6.07, 6.45) is -4.29. The third-order valence-electron chi connectivity index (χ3n) is 1.80. The quantitative estimate of drug-likeness (QED) is 0.456. The highest BCUT2D eigenvalue weighted by molar-refractivity contribution is 5.91. The molecule has 0 spiro atoms.